The molecule has 0 spiro atoms. The third-order valence-electron chi connectivity index (χ3n) is 2.70. The van der Waals surface area contributed by atoms with Crippen LogP contribution < -0.4 is 5.73 Å². The summed E-state index contributed by atoms with van der Waals surface area (Å²) in [5, 5.41) is 0. The van der Waals surface area contributed by atoms with Gasteiger partial charge in [-0.2, -0.15) is 0 Å². The van der Waals surface area contributed by atoms with Crippen LogP contribution in [-0.4, -0.2) is 41.6 Å². The number of nitrogens with two attached hydrogens (primary N) is 1. The molecular weight excluding hydrogens is 241 g/mol. The fraction of sp³-hybridized carbons (Fsp3) is 0.846. The number of carbonyl (C=O) groups excluding carboxylic acids is 2. The standard InChI is InChI=1S/C13H25NO3.Na.H/c1-2-3-4-5-6-7-8-9-10-11-12(15)17-13(14)16;;/h2-11H2,1H3,(H2,14,16);;. The molecule has 0 heterocycles. The molecule has 2 N–H and O–H groups in total. The van der Waals surface area contributed by atoms with Gasteiger partial charge in [0.1, 0.15) is 0 Å². The minimum absolute atomic E-state index is 0. The molecule has 18 heavy (non-hydrogen) atoms. The Morgan fingerprint density at radius 1 is 0.889 bits per heavy atom. The monoisotopic (exact) mass is 267 g/mol. The van der Waals surface area contributed by atoms with E-state index in [1.165, 1.54) is 38.5 Å². The van der Waals surface area contributed by atoms with Crippen LogP contribution in [0.1, 0.15) is 71.1 Å². The average molecular weight is 267 g/mol. The summed E-state index contributed by atoms with van der Waals surface area (Å²) in [6, 6.07) is 0. The predicted octanol–water partition coefficient (Wildman–Crippen LogP) is 2.88. The molecule has 0 aliphatic heterocycles. The van der Waals surface area contributed by atoms with Crippen molar-refractivity contribution in [1.82, 2.24) is 0 Å². The van der Waals surface area contributed by atoms with Crippen molar-refractivity contribution in [3.05, 3.63) is 0 Å². The second kappa shape index (κ2) is 15.0. The van der Waals surface area contributed by atoms with Gasteiger partial charge in [-0.25, -0.2) is 4.79 Å². The number of primary amides is 1. The van der Waals surface area contributed by atoms with Crippen LogP contribution >= 0.6 is 0 Å². The van der Waals surface area contributed by atoms with Crippen molar-refractivity contribution in [2.75, 3.05) is 0 Å². The molecule has 0 fully saturated rings. The number of unbranched alkanes of at least 4 members (excludes halogenated alkanes) is 8. The number of hydrogen-bond donors (Lipinski definition) is 1. The van der Waals surface area contributed by atoms with Crippen LogP contribution in [0.25, 0.3) is 0 Å². The second-order valence-electron chi connectivity index (χ2n) is 4.37. The van der Waals surface area contributed by atoms with E-state index in [9.17, 15) is 9.59 Å². The first kappa shape index (κ1) is 20.3. The summed E-state index contributed by atoms with van der Waals surface area (Å²) in [6.45, 7) is 2.21. The summed E-state index contributed by atoms with van der Waals surface area (Å²) in [4.78, 5) is 21.2. The fourth-order valence-electron chi connectivity index (χ4n) is 1.74. The Labute approximate surface area is 132 Å². The van der Waals surface area contributed by atoms with Crippen LogP contribution in [0, 0.1) is 0 Å². The molecule has 0 aromatic rings. The Morgan fingerprint density at radius 2 is 1.33 bits per heavy atom. The molecule has 0 unspecified atom stereocenters. The first-order valence-electron chi connectivity index (χ1n) is 6.67. The van der Waals surface area contributed by atoms with Gasteiger partial charge in [-0.15, -0.1) is 0 Å². The molecule has 1 amide bonds. The Balaban J connectivity index is 0. The molecule has 0 aliphatic rings. The molecule has 0 saturated carbocycles. The van der Waals surface area contributed by atoms with E-state index in [2.05, 4.69) is 11.7 Å². The number of hydrogen-bond acceptors (Lipinski definition) is 3. The van der Waals surface area contributed by atoms with Gasteiger partial charge in [-0.3, -0.25) is 4.79 Å². The Kier molecular flexibility index (Phi) is 16.9. The molecule has 0 rings (SSSR count). The summed E-state index contributed by atoms with van der Waals surface area (Å²) < 4.78 is 4.22. The van der Waals surface area contributed by atoms with Crippen LogP contribution in [0.2, 0.25) is 0 Å². The Morgan fingerprint density at radius 3 is 1.78 bits per heavy atom. The van der Waals surface area contributed by atoms with Crippen LogP contribution in [0.4, 0.5) is 4.79 Å². The summed E-state index contributed by atoms with van der Waals surface area (Å²) in [6.07, 6.45) is 10.0. The summed E-state index contributed by atoms with van der Waals surface area (Å²) in [5.74, 6) is -0.513. The van der Waals surface area contributed by atoms with Gasteiger partial charge in [0.05, 0.1) is 0 Å². The third kappa shape index (κ3) is 15.9. The third-order valence-corrected chi connectivity index (χ3v) is 2.70. The van der Waals surface area contributed by atoms with Crippen molar-refractivity contribution in [1.29, 1.82) is 0 Å². The zero-order valence-corrected chi connectivity index (χ0v) is 10.9. The second-order valence-corrected chi connectivity index (χ2v) is 4.37. The molecule has 0 atom stereocenters. The van der Waals surface area contributed by atoms with E-state index in [-0.39, 0.29) is 29.6 Å². The summed E-state index contributed by atoms with van der Waals surface area (Å²) >= 11 is 0. The predicted molar refractivity (Wildman–Crippen MR) is 74.7 cm³/mol. The van der Waals surface area contributed by atoms with Gasteiger partial charge in [0.15, 0.2) is 0 Å². The molecule has 4 nitrogen and oxygen atoms in total. The zero-order valence-electron chi connectivity index (χ0n) is 10.9. The maximum atomic E-state index is 10.9. The first-order valence-corrected chi connectivity index (χ1v) is 6.67. The summed E-state index contributed by atoms with van der Waals surface area (Å²) in [7, 11) is 0. The molecule has 0 bridgehead atoms. The van der Waals surface area contributed by atoms with Crippen LogP contribution in [0.5, 0.6) is 0 Å². The fourth-order valence-corrected chi connectivity index (χ4v) is 1.74. The van der Waals surface area contributed by atoms with Gasteiger partial charge in [-0.05, 0) is 6.42 Å². The van der Waals surface area contributed by atoms with Gasteiger partial charge < -0.3 is 10.5 Å². The SMILES string of the molecule is CCCCCCCCCCCC(=O)OC(N)=O.[NaH]. The zero-order chi connectivity index (χ0) is 12.9. The van der Waals surface area contributed by atoms with Crippen molar-refractivity contribution in [3.8, 4) is 0 Å². The first-order chi connectivity index (χ1) is 8.16. The number of esters is 1. The van der Waals surface area contributed by atoms with Gasteiger partial charge >= 0.3 is 41.6 Å². The molecule has 102 valence electrons. The molecule has 0 aromatic carbocycles. The van der Waals surface area contributed by atoms with Crippen molar-refractivity contribution in [3.63, 3.8) is 0 Å². The van der Waals surface area contributed by atoms with Crippen molar-refractivity contribution in [2.45, 2.75) is 71.1 Å². The Bertz CT molecular complexity index is 222. The molecule has 0 aromatic heterocycles. The van der Waals surface area contributed by atoms with Crippen molar-refractivity contribution >= 4 is 41.6 Å². The van der Waals surface area contributed by atoms with E-state index in [1.54, 1.807) is 0 Å². The van der Waals surface area contributed by atoms with Gasteiger partial charge in [0, 0.05) is 6.42 Å². The molecule has 0 aliphatic carbocycles. The Hall–Kier alpha value is -0.0600. The topological polar surface area (TPSA) is 69.4 Å². The van der Waals surface area contributed by atoms with Gasteiger partial charge in [-0.1, -0.05) is 58.3 Å². The van der Waals surface area contributed by atoms with E-state index < -0.39 is 12.1 Å². The molecule has 0 saturated heterocycles. The van der Waals surface area contributed by atoms with E-state index in [4.69, 9.17) is 5.73 Å². The normalized spacial score (nSPS) is 9.61. The number of carbonyl (C=O) groups is 2. The molecular formula is C13H26NNaO3. The average Bonchev–Trinajstić information content (AvgIpc) is 2.26. The van der Waals surface area contributed by atoms with Crippen LogP contribution in [0.15, 0.2) is 0 Å². The van der Waals surface area contributed by atoms with Crippen molar-refractivity contribution < 1.29 is 14.3 Å². The quantitative estimate of drug-likeness (QED) is 0.286. The van der Waals surface area contributed by atoms with E-state index >= 15 is 0 Å². The van der Waals surface area contributed by atoms with E-state index in [1.807, 2.05) is 0 Å². The summed E-state index contributed by atoms with van der Waals surface area (Å²) in [5.41, 5.74) is 4.72. The number of amides is 1. The van der Waals surface area contributed by atoms with Crippen LogP contribution in [-0.2, 0) is 9.53 Å². The maximum absolute atomic E-state index is 10.9. The van der Waals surface area contributed by atoms with E-state index in [0.29, 0.717) is 6.42 Å². The van der Waals surface area contributed by atoms with E-state index in [0.717, 1.165) is 19.3 Å². The molecule has 5 heteroatoms. The minimum atomic E-state index is -1.01. The number of ether oxygens (including phenoxy) is 1. The number of rotatable bonds is 10. The van der Waals surface area contributed by atoms with Crippen LogP contribution in [0.3, 0.4) is 0 Å². The molecule has 0 radical (unpaired) electrons. The van der Waals surface area contributed by atoms with Gasteiger partial charge in [0.2, 0.25) is 0 Å². The van der Waals surface area contributed by atoms with Gasteiger partial charge in [0.25, 0.3) is 0 Å². The van der Waals surface area contributed by atoms with Crippen molar-refractivity contribution in [2.24, 2.45) is 5.73 Å².